The molecule has 0 saturated heterocycles. The Balaban J connectivity index is 1.63. The van der Waals surface area contributed by atoms with E-state index in [2.05, 4.69) is 9.36 Å². The van der Waals surface area contributed by atoms with Gasteiger partial charge in [-0.3, -0.25) is 4.79 Å². The van der Waals surface area contributed by atoms with Crippen molar-refractivity contribution in [1.29, 1.82) is 0 Å². The summed E-state index contributed by atoms with van der Waals surface area (Å²) >= 11 is 1.24. The highest BCUT2D eigenvalue weighted by Crippen LogP contribution is 2.38. The highest BCUT2D eigenvalue weighted by molar-refractivity contribution is 7.09. The second-order valence-electron chi connectivity index (χ2n) is 7.46. The average Bonchev–Trinajstić information content (AvgIpc) is 3.38. The van der Waals surface area contributed by atoms with E-state index in [4.69, 9.17) is 9.40 Å². The molecule has 0 fully saturated rings. The zero-order valence-electron chi connectivity index (χ0n) is 17.3. The summed E-state index contributed by atoms with van der Waals surface area (Å²) < 4.78 is 25.0. The maximum absolute atomic E-state index is 13.3. The van der Waals surface area contributed by atoms with Gasteiger partial charge in [-0.15, -0.1) is 0 Å². The number of hydrogen-bond acceptors (Lipinski definition) is 7. The minimum Gasteiger partial charge on any atom is -0.421 e. The third kappa shape index (κ3) is 3.42. The molecule has 162 valence electrons. The number of benzene rings is 1. The predicted molar refractivity (Wildman–Crippen MR) is 116 cm³/mol. The standard InChI is InChI=1S/C22H18FN5O3S/c1-12-19-18(16-4-3-5-17(29)31-16)25-20(21-24-13(2)26-32-21)28(19)11-10-27(12)22(30)14-6-8-15(23)9-7-14/h3-9,12H,10-11H2,1-2H3/t12-/m1/s1. The molecular weight excluding hydrogens is 433 g/mol. The fourth-order valence-electron chi connectivity index (χ4n) is 3.95. The zero-order chi connectivity index (χ0) is 22.4. The van der Waals surface area contributed by atoms with Crippen molar-refractivity contribution in [2.75, 3.05) is 6.54 Å². The van der Waals surface area contributed by atoms with E-state index >= 15 is 0 Å². The monoisotopic (exact) mass is 451 g/mol. The Morgan fingerprint density at radius 1 is 1.16 bits per heavy atom. The summed E-state index contributed by atoms with van der Waals surface area (Å²) in [7, 11) is 0. The van der Waals surface area contributed by atoms with E-state index in [1.807, 2.05) is 18.4 Å². The molecule has 0 N–H and O–H groups in total. The number of aryl methyl sites for hydroxylation is 1. The smallest absolute Gasteiger partial charge is 0.336 e. The molecule has 1 aromatic carbocycles. The largest absolute Gasteiger partial charge is 0.421 e. The summed E-state index contributed by atoms with van der Waals surface area (Å²) in [6.45, 7) is 4.62. The lowest BCUT2D eigenvalue weighted by Crippen LogP contribution is -2.41. The van der Waals surface area contributed by atoms with Crippen LogP contribution in [0.15, 0.2) is 51.7 Å². The van der Waals surface area contributed by atoms with Gasteiger partial charge in [0.25, 0.3) is 5.91 Å². The maximum atomic E-state index is 13.3. The molecule has 0 spiro atoms. The van der Waals surface area contributed by atoms with Crippen LogP contribution in [0.1, 0.15) is 34.8 Å². The molecule has 0 bridgehead atoms. The van der Waals surface area contributed by atoms with E-state index in [0.29, 0.717) is 46.8 Å². The number of halogens is 1. The molecule has 4 aromatic rings. The van der Waals surface area contributed by atoms with Crippen LogP contribution in [0.25, 0.3) is 22.3 Å². The lowest BCUT2D eigenvalue weighted by Gasteiger charge is -2.35. The minimum absolute atomic E-state index is 0.210. The van der Waals surface area contributed by atoms with Crippen molar-refractivity contribution in [2.24, 2.45) is 0 Å². The summed E-state index contributed by atoms with van der Waals surface area (Å²) in [5, 5.41) is 0.652. The third-order valence-electron chi connectivity index (χ3n) is 5.43. The van der Waals surface area contributed by atoms with Crippen LogP contribution in [0.5, 0.6) is 0 Å². The Labute approximate surface area is 186 Å². The number of amides is 1. The zero-order valence-corrected chi connectivity index (χ0v) is 18.1. The molecule has 4 heterocycles. The first kappa shape index (κ1) is 20.3. The van der Waals surface area contributed by atoms with E-state index in [-0.39, 0.29) is 11.9 Å². The molecule has 0 unspecified atom stereocenters. The minimum atomic E-state index is -0.486. The molecule has 3 aromatic heterocycles. The van der Waals surface area contributed by atoms with E-state index in [1.165, 1.54) is 41.9 Å². The summed E-state index contributed by atoms with van der Waals surface area (Å²) in [5.41, 5.74) is 1.14. The van der Waals surface area contributed by atoms with Gasteiger partial charge < -0.3 is 13.9 Å². The number of nitrogens with zero attached hydrogens (tertiary/aromatic N) is 5. The van der Waals surface area contributed by atoms with Crippen molar-refractivity contribution in [3.63, 3.8) is 0 Å². The molecule has 5 rings (SSSR count). The van der Waals surface area contributed by atoms with Gasteiger partial charge in [-0.25, -0.2) is 19.2 Å². The van der Waals surface area contributed by atoms with E-state index in [9.17, 15) is 14.0 Å². The molecular formula is C22H18FN5O3S. The number of rotatable bonds is 3. The maximum Gasteiger partial charge on any atom is 0.336 e. The molecule has 32 heavy (non-hydrogen) atoms. The summed E-state index contributed by atoms with van der Waals surface area (Å²) in [6.07, 6.45) is 0. The Bertz CT molecular complexity index is 1370. The van der Waals surface area contributed by atoms with Gasteiger partial charge in [0.15, 0.2) is 16.6 Å². The van der Waals surface area contributed by atoms with Gasteiger partial charge in [0, 0.05) is 24.7 Å². The lowest BCUT2D eigenvalue weighted by molar-refractivity contribution is 0.0645. The quantitative estimate of drug-likeness (QED) is 0.472. The highest BCUT2D eigenvalue weighted by Gasteiger charge is 2.35. The van der Waals surface area contributed by atoms with E-state index in [1.54, 1.807) is 17.0 Å². The van der Waals surface area contributed by atoms with Crippen LogP contribution >= 0.6 is 11.5 Å². The number of hydrogen-bond donors (Lipinski definition) is 0. The molecule has 10 heteroatoms. The van der Waals surface area contributed by atoms with Crippen molar-refractivity contribution >= 4 is 17.4 Å². The normalized spacial score (nSPS) is 15.6. The van der Waals surface area contributed by atoms with Gasteiger partial charge in [-0.2, -0.15) is 4.37 Å². The van der Waals surface area contributed by atoms with Crippen molar-refractivity contribution in [2.45, 2.75) is 26.4 Å². The second kappa shape index (κ2) is 7.79. The summed E-state index contributed by atoms with van der Waals surface area (Å²) in [6, 6.07) is 9.72. The average molecular weight is 451 g/mol. The van der Waals surface area contributed by atoms with Crippen LogP contribution in [0.2, 0.25) is 0 Å². The predicted octanol–water partition coefficient (Wildman–Crippen LogP) is 3.69. The Morgan fingerprint density at radius 3 is 2.62 bits per heavy atom. The van der Waals surface area contributed by atoms with Gasteiger partial charge in [0.05, 0.1) is 11.7 Å². The van der Waals surface area contributed by atoms with Crippen molar-refractivity contribution < 1.29 is 13.6 Å². The van der Waals surface area contributed by atoms with Crippen LogP contribution in [0.3, 0.4) is 0 Å². The van der Waals surface area contributed by atoms with Crippen LogP contribution in [-0.2, 0) is 6.54 Å². The first-order valence-corrected chi connectivity index (χ1v) is 10.8. The Morgan fingerprint density at radius 2 is 1.94 bits per heavy atom. The van der Waals surface area contributed by atoms with E-state index in [0.717, 1.165) is 5.69 Å². The third-order valence-corrected chi connectivity index (χ3v) is 6.23. The SMILES string of the molecule is Cc1nsc(-c2nc(-c3cccc(=O)o3)c3n2CCN(C(=O)c2ccc(F)cc2)[C@@H]3C)n1. The molecule has 0 saturated carbocycles. The van der Waals surface area contributed by atoms with Gasteiger partial charge in [-0.1, -0.05) is 6.07 Å². The Kier molecular flexibility index (Phi) is 4.93. The highest BCUT2D eigenvalue weighted by atomic mass is 32.1. The number of aromatic nitrogens is 4. The van der Waals surface area contributed by atoms with E-state index < -0.39 is 11.4 Å². The lowest BCUT2D eigenvalue weighted by atomic mass is 10.1. The van der Waals surface area contributed by atoms with Crippen molar-refractivity contribution in [3.05, 3.63) is 75.8 Å². The fourth-order valence-corrected chi connectivity index (χ4v) is 4.62. The van der Waals surface area contributed by atoms with Crippen molar-refractivity contribution in [1.82, 2.24) is 23.8 Å². The molecule has 1 atom stereocenters. The number of carbonyl (C=O) groups excluding carboxylic acids is 1. The summed E-state index contributed by atoms with van der Waals surface area (Å²) in [5.74, 6) is 0.972. The van der Waals surface area contributed by atoms with Gasteiger partial charge in [-0.05, 0) is 55.7 Å². The van der Waals surface area contributed by atoms with Crippen LogP contribution in [0.4, 0.5) is 4.39 Å². The Hall–Kier alpha value is -3.66. The molecule has 1 aliphatic heterocycles. The van der Waals surface area contributed by atoms with Gasteiger partial charge in [0.2, 0.25) is 0 Å². The second-order valence-corrected chi connectivity index (χ2v) is 8.21. The molecule has 1 aliphatic rings. The number of carbonyl (C=O) groups is 1. The molecule has 0 radical (unpaired) electrons. The van der Waals surface area contributed by atoms with Crippen LogP contribution in [-0.4, -0.2) is 36.3 Å². The van der Waals surface area contributed by atoms with Gasteiger partial charge >= 0.3 is 5.63 Å². The van der Waals surface area contributed by atoms with Crippen LogP contribution < -0.4 is 5.63 Å². The van der Waals surface area contributed by atoms with Gasteiger partial charge in [0.1, 0.15) is 17.3 Å². The molecule has 1 amide bonds. The first-order chi connectivity index (χ1) is 15.4. The van der Waals surface area contributed by atoms with Crippen molar-refractivity contribution in [3.8, 4) is 22.3 Å². The first-order valence-electron chi connectivity index (χ1n) is 10.0. The van der Waals surface area contributed by atoms with Crippen LogP contribution in [0, 0.1) is 12.7 Å². The summed E-state index contributed by atoms with van der Waals surface area (Å²) in [4.78, 5) is 36.0. The molecule has 0 aliphatic carbocycles. The number of imidazole rings is 1. The topological polar surface area (TPSA) is 94.1 Å². The molecule has 8 nitrogen and oxygen atoms in total. The fraction of sp³-hybridized carbons (Fsp3) is 0.227. The number of fused-ring (bicyclic) bond motifs is 1.